The summed E-state index contributed by atoms with van der Waals surface area (Å²) < 4.78 is 6.77. The van der Waals surface area contributed by atoms with Crippen LogP contribution in [0.15, 0.2) is 24.3 Å². The highest BCUT2D eigenvalue weighted by molar-refractivity contribution is 5.66. The number of ether oxygens (including phenoxy) is 1. The molecular formula is C15H17N5O. The molecule has 0 aliphatic heterocycles. The second-order valence-electron chi connectivity index (χ2n) is 5.16. The van der Waals surface area contributed by atoms with Crippen molar-refractivity contribution in [3.05, 3.63) is 29.8 Å². The molecule has 1 aromatic heterocycles. The molecule has 0 bridgehead atoms. The predicted molar refractivity (Wildman–Crippen MR) is 80.5 cm³/mol. The minimum absolute atomic E-state index is 0.337. The molecule has 1 fully saturated rings. The molecule has 0 atom stereocenters. The number of methoxy groups -OCH3 is 1. The Morgan fingerprint density at radius 2 is 2.33 bits per heavy atom. The van der Waals surface area contributed by atoms with Gasteiger partial charge in [-0.3, -0.25) is 0 Å². The van der Waals surface area contributed by atoms with Crippen molar-refractivity contribution in [3.8, 4) is 17.5 Å². The van der Waals surface area contributed by atoms with Gasteiger partial charge in [-0.05, 0) is 30.9 Å². The Kier molecular flexibility index (Phi) is 3.40. The summed E-state index contributed by atoms with van der Waals surface area (Å²) in [6, 6.07) is 9.53. The number of nitrogens with two attached hydrogens (primary N) is 1. The molecule has 6 nitrogen and oxygen atoms in total. The molecule has 1 aliphatic carbocycles. The van der Waals surface area contributed by atoms with Crippen molar-refractivity contribution in [2.24, 2.45) is 5.92 Å². The predicted octanol–water partition coefficient (Wildman–Crippen LogP) is 2.16. The summed E-state index contributed by atoms with van der Waals surface area (Å²) in [6.07, 6.45) is 2.47. The fourth-order valence-electron chi connectivity index (χ4n) is 2.17. The smallest absolute Gasteiger partial charge is 0.168 e. The fraction of sp³-hybridized carbons (Fsp3) is 0.333. The molecule has 0 unspecified atom stereocenters. The van der Waals surface area contributed by atoms with E-state index in [1.54, 1.807) is 11.8 Å². The number of nitrogens with zero attached hydrogens (tertiary/aromatic N) is 3. The van der Waals surface area contributed by atoms with E-state index in [1.807, 2.05) is 24.3 Å². The molecule has 0 radical (unpaired) electrons. The van der Waals surface area contributed by atoms with Gasteiger partial charge < -0.3 is 15.8 Å². The number of nitriles is 1. The zero-order chi connectivity index (χ0) is 14.8. The van der Waals surface area contributed by atoms with Gasteiger partial charge in [0.25, 0.3) is 0 Å². The molecule has 108 valence electrons. The lowest BCUT2D eigenvalue weighted by atomic mass is 10.3. The zero-order valence-electron chi connectivity index (χ0n) is 11.8. The summed E-state index contributed by atoms with van der Waals surface area (Å²) in [4.78, 5) is 0. The Hall–Kier alpha value is -2.68. The average molecular weight is 283 g/mol. The number of hydrogen-bond donors (Lipinski definition) is 2. The summed E-state index contributed by atoms with van der Waals surface area (Å²) in [7, 11) is 1.61. The van der Waals surface area contributed by atoms with E-state index in [1.165, 1.54) is 12.8 Å². The van der Waals surface area contributed by atoms with Crippen LogP contribution < -0.4 is 15.8 Å². The maximum absolute atomic E-state index is 9.29. The third kappa shape index (κ3) is 2.63. The molecule has 1 saturated carbocycles. The van der Waals surface area contributed by atoms with Crippen LogP contribution in [0.5, 0.6) is 5.75 Å². The third-order valence-corrected chi connectivity index (χ3v) is 3.59. The van der Waals surface area contributed by atoms with E-state index in [9.17, 15) is 5.26 Å². The van der Waals surface area contributed by atoms with Gasteiger partial charge in [0, 0.05) is 12.6 Å². The minimum atomic E-state index is 0.337. The first-order valence-corrected chi connectivity index (χ1v) is 6.90. The summed E-state index contributed by atoms with van der Waals surface area (Å²) in [5.41, 5.74) is 7.21. The van der Waals surface area contributed by atoms with Gasteiger partial charge in [0.2, 0.25) is 0 Å². The molecule has 1 aliphatic rings. The molecule has 2 aromatic rings. The first-order chi connectivity index (χ1) is 10.2. The molecule has 0 saturated heterocycles. The molecule has 0 amide bonds. The average Bonchev–Trinajstić information content (AvgIpc) is 3.29. The molecule has 1 aromatic carbocycles. The largest absolute Gasteiger partial charge is 0.497 e. The van der Waals surface area contributed by atoms with Crippen molar-refractivity contribution in [3.63, 3.8) is 0 Å². The van der Waals surface area contributed by atoms with Gasteiger partial charge in [-0.15, -0.1) is 5.10 Å². The summed E-state index contributed by atoms with van der Waals surface area (Å²) in [5, 5.41) is 16.9. The summed E-state index contributed by atoms with van der Waals surface area (Å²) in [6.45, 7) is 0.837. The number of rotatable bonds is 5. The van der Waals surface area contributed by atoms with Gasteiger partial charge in [0.05, 0.1) is 12.8 Å². The standard InChI is InChI=1S/C15H17N5O/c1-21-12-4-2-3-11(7-12)20-14(17)13(8-16)15(19-20)18-9-10-5-6-10/h2-4,7,10H,5-6,9,17H2,1H3,(H,18,19). The van der Waals surface area contributed by atoms with Crippen molar-refractivity contribution >= 4 is 11.6 Å². The number of nitrogen functional groups attached to an aromatic ring is 1. The lowest BCUT2D eigenvalue weighted by molar-refractivity contribution is 0.414. The highest BCUT2D eigenvalue weighted by Crippen LogP contribution is 2.30. The van der Waals surface area contributed by atoms with Gasteiger partial charge in [0.1, 0.15) is 23.2 Å². The molecule has 21 heavy (non-hydrogen) atoms. The minimum Gasteiger partial charge on any atom is -0.497 e. The molecule has 6 heteroatoms. The Bertz CT molecular complexity index is 697. The van der Waals surface area contributed by atoms with E-state index >= 15 is 0 Å². The highest BCUT2D eigenvalue weighted by atomic mass is 16.5. The van der Waals surface area contributed by atoms with Crippen LogP contribution in [0.25, 0.3) is 5.69 Å². The van der Waals surface area contributed by atoms with Crippen molar-refractivity contribution in [2.45, 2.75) is 12.8 Å². The second kappa shape index (κ2) is 5.37. The van der Waals surface area contributed by atoms with Crippen LogP contribution in [-0.2, 0) is 0 Å². The SMILES string of the molecule is COc1cccc(-n2nc(NCC3CC3)c(C#N)c2N)c1. The van der Waals surface area contributed by atoms with Crippen molar-refractivity contribution in [2.75, 3.05) is 24.7 Å². The van der Waals surface area contributed by atoms with E-state index < -0.39 is 0 Å². The Balaban J connectivity index is 1.95. The van der Waals surface area contributed by atoms with E-state index in [0.717, 1.165) is 12.2 Å². The van der Waals surface area contributed by atoms with E-state index in [0.29, 0.717) is 28.9 Å². The zero-order valence-corrected chi connectivity index (χ0v) is 11.8. The van der Waals surface area contributed by atoms with Gasteiger partial charge in [-0.2, -0.15) is 5.26 Å². The summed E-state index contributed by atoms with van der Waals surface area (Å²) >= 11 is 0. The van der Waals surface area contributed by atoms with Gasteiger partial charge in [0.15, 0.2) is 5.82 Å². The van der Waals surface area contributed by atoms with Crippen LogP contribution in [0.4, 0.5) is 11.6 Å². The lowest BCUT2D eigenvalue weighted by Gasteiger charge is -2.06. The Morgan fingerprint density at radius 3 is 3.00 bits per heavy atom. The van der Waals surface area contributed by atoms with Crippen molar-refractivity contribution < 1.29 is 4.74 Å². The normalized spacial score (nSPS) is 13.7. The van der Waals surface area contributed by atoms with E-state index in [2.05, 4.69) is 16.5 Å². The fourth-order valence-corrected chi connectivity index (χ4v) is 2.17. The Morgan fingerprint density at radius 1 is 1.52 bits per heavy atom. The second-order valence-corrected chi connectivity index (χ2v) is 5.16. The van der Waals surface area contributed by atoms with Crippen LogP contribution in [0, 0.1) is 17.2 Å². The van der Waals surface area contributed by atoms with Crippen LogP contribution in [-0.4, -0.2) is 23.4 Å². The van der Waals surface area contributed by atoms with Crippen LogP contribution in [0.1, 0.15) is 18.4 Å². The van der Waals surface area contributed by atoms with Crippen LogP contribution in [0.2, 0.25) is 0 Å². The number of nitrogens with one attached hydrogen (secondary N) is 1. The van der Waals surface area contributed by atoms with E-state index in [4.69, 9.17) is 10.5 Å². The quantitative estimate of drug-likeness (QED) is 0.877. The lowest BCUT2D eigenvalue weighted by Crippen LogP contribution is -2.05. The van der Waals surface area contributed by atoms with Crippen molar-refractivity contribution in [1.82, 2.24) is 9.78 Å². The Labute approximate surface area is 123 Å². The third-order valence-electron chi connectivity index (χ3n) is 3.59. The number of aromatic nitrogens is 2. The maximum atomic E-state index is 9.29. The number of anilines is 2. The molecule has 3 N–H and O–H groups in total. The number of hydrogen-bond acceptors (Lipinski definition) is 5. The van der Waals surface area contributed by atoms with Crippen LogP contribution in [0.3, 0.4) is 0 Å². The molecule has 1 heterocycles. The summed E-state index contributed by atoms with van der Waals surface area (Å²) in [5.74, 6) is 2.29. The van der Waals surface area contributed by atoms with Crippen LogP contribution >= 0.6 is 0 Å². The van der Waals surface area contributed by atoms with E-state index in [-0.39, 0.29) is 0 Å². The first-order valence-electron chi connectivity index (χ1n) is 6.90. The molecular weight excluding hydrogens is 266 g/mol. The monoisotopic (exact) mass is 283 g/mol. The highest BCUT2D eigenvalue weighted by Gasteiger charge is 2.23. The topological polar surface area (TPSA) is 88.9 Å². The van der Waals surface area contributed by atoms with Crippen molar-refractivity contribution in [1.29, 1.82) is 5.26 Å². The number of benzene rings is 1. The molecule has 3 rings (SSSR count). The van der Waals surface area contributed by atoms with Gasteiger partial charge in [-0.1, -0.05) is 6.07 Å². The maximum Gasteiger partial charge on any atom is 0.168 e. The molecule has 0 spiro atoms. The van der Waals surface area contributed by atoms with Gasteiger partial charge in [-0.25, -0.2) is 4.68 Å². The van der Waals surface area contributed by atoms with Gasteiger partial charge >= 0.3 is 0 Å². The first kappa shape index (κ1) is 13.3.